The van der Waals surface area contributed by atoms with E-state index in [9.17, 15) is 14.4 Å². The number of rotatable bonds is 5. The van der Waals surface area contributed by atoms with Crippen molar-refractivity contribution in [3.63, 3.8) is 0 Å². The number of ether oxygens (including phenoxy) is 2. The van der Waals surface area contributed by atoms with Gasteiger partial charge in [0.2, 0.25) is 0 Å². The smallest absolute Gasteiger partial charge is 0.412 e. The van der Waals surface area contributed by atoms with Crippen LogP contribution in [0, 0.1) is 11.3 Å². The number of para-hydroxylation sites is 1. The molecule has 156 valence electrons. The quantitative estimate of drug-likeness (QED) is 0.650. The van der Waals surface area contributed by atoms with E-state index in [1.54, 1.807) is 57.2 Å². The molecule has 9 heteroatoms. The Balaban J connectivity index is 1.86. The van der Waals surface area contributed by atoms with Gasteiger partial charge in [0.05, 0.1) is 5.56 Å². The third-order valence-corrected chi connectivity index (χ3v) is 3.45. The summed E-state index contributed by atoms with van der Waals surface area (Å²) in [6, 6.07) is 14.6. The van der Waals surface area contributed by atoms with Gasteiger partial charge >= 0.3 is 6.09 Å². The lowest BCUT2D eigenvalue weighted by atomic mass is 10.2. The number of anilines is 1. The van der Waals surface area contributed by atoms with E-state index in [0.29, 0.717) is 11.3 Å². The number of hydrazine groups is 1. The Kier molecular flexibility index (Phi) is 7.36. The lowest BCUT2D eigenvalue weighted by molar-refractivity contribution is -0.123. The summed E-state index contributed by atoms with van der Waals surface area (Å²) in [7, 11) is 0. The van der Waals surface area contributed by atoms with Gasteiger partial charge in [-0.1, -0.05) is 18.2 Å². The number of nitriles is 1. The molecular weight excluding hydrogens is 388 g/mol. The van der Waals surface area contributed by atoms with Crippen molar-refractivity contribution in [1.29, 1.82) is 5.26 Å². The second kappa shape index (κ2) is 9.93. The zero-order valence-electron chi connectivity index (χ0n) is 16.8. The van der Waals surface area contributed by atoms with E-state index in [4.69, 9.17) is 14.7 Å². The van der Waals surface area contributed by atoms with Crippen molar-refractivity contribution in [2.24, 2.45) is 0 Å². The van der Waals surface area contributed by atoms with Gasteiger partial charge in [0, 0.05) is 11.3 Å². The van der Waals surface area contributed by atoms with E-state index in [1.807, 2.05) is 6.07 Å². The molecule has 0 heterocycles. The number of amides is 3. The normalized spacial score (nSPS) is 10.3. The van der Waals surface area contributed by atoms with Crippen LogP contribution < -0.4 is 20.9 Å². The highest BCUT2D eigenvalue weighted by Crippen LogP contribution is 2.16. The number of nitrogens with one attached hydrogen (secondary N) is 3. The van der Waals surface area contributed by atoms with Gasteiger partial charge in [-0.3, -0.25) is 25.8 Å². The van der Waals surface area contributed by atoms with Gasteiger partial charge in [-0.2, -0.15) is 5.26 Å². The van der Waals surface area contributed by atoms with Gasteiger partial charge in [-0.15, -0.1) is 0 Å². The molecule has 0 aliphatic rings. The zero-order valence-corrected chi connectivity index (χ0v) is 16.8. The number of hydrogen-bond donors (Lipinski definition) is 3. The number of carbonyl (C=O) groups excluding carboxylic acids is 3. The van der Waals surface area contributed by atoms with E-state index in [0.717, 1.165) is 0 Å². The molecule has 0 atom stereocenters. The first-order chi connectivity index (χ1) is 14.2. The van der Waals surface area contributed by atoms with Gasteiger partial charge in [0.25, 0.3) is 11.8 Å². The predicted octanol–water partition coefficient (Wildman–Crippen LogP) is 2.75. The Hall–Kier alpha value is -4.06. The maximum Gasteiger partial charge on any atom is 0.412 e. The fourth-order valence-corrected chi connectivity index (χ4v) is 2.22. The first kappa shape index (κ1) is 22.2. The van der Waals surface area contributed by atoms with Crippen LogP contribution in [0.2, 0.25) is 0 Å². The fourth-order valence-electron chi connectivity index (χ4n) is 2.22. The summed E-state index contributed by atoms with van der Waals surface area (Å²) in [5, 5.41) is 11.5. The predicted molar refractivity (Wildman–Crippen MR) is 109 cm³/mol. The molecule has 9 nitrogen and oxygen atoms in total. The molecule has 2 rings (SSSR count). The van der Waals surface area contributed by atoms with Crippen molar-refractivity contribution in [3.05, 3.63) is 59.7 Å². The van der Waals surface area contributed by atoms with Crippen LogP contribution in [-0.2, 0) is 9.53 Å². The minimum absolute atomic E-state index is 0.208. The van der Waals surface area contributed by atoms with Gasteiger partial charge in [-0.05, 0) is 51.1 Å². The van der Waals surface area contributed by atoms with Crippen LogP contribution in [0.4, 0.5) is 10.5 Å². The molecule has 0 bridgehead atoms. The molecule has 0 unspecified atom stereocenters. The Morgan fingerprint density at radius 3 is 2.47 bits per heavy atom. The number of hydrogen-bond acceptors (Lipinski definition) is 6. The summed E-state index contributed by atoms with van der Waals surface area (Å²) in [6.07, 6.45) is -0.650. The fraction of sp³-hybridized carbons (Fsp3) is 0.238. The zero-order chi connectivity index (χ0) is 22.1. The second-order valence-corrected chi connectivity index (χ2v) is 7.11. The molecule has 0 saturated heterocycles. The first-order valence-electron chi connectivity index (χ1n) is 8.99. The Bertz CT molecular complexity index is 976. The van der Waals surface area contributed by atoms with Crippen molar-refractivity contribution in [3.8, 4) is 11.8 Å². The summed E-state index contributed by atoms with van der Waals surface area (Å²) >= 11 is 0. The minimum atomic E-state index is -0.654. The van der Waals surface area contributed by atoms with E-state index < -0.39 is 23.5 Å². The highest BCUT2D eigenvalue weighted by Gasteiger charge is 2.17. The first-order valence-corrected chi connectivity index (χ1v) is 8.99. The highest BCUT2D eigenvalue weighted by atomic mass is 16.6. The molecule has 3 amide bonds. The maximum atomic E-state index is 12.2. The van der Waals surface area contributed by atoms with Crippen LogP contribution >= 0.6 is 0 Å². The molecule has 0 aliphatic heterocycles. The molecule has 0 radical (unpaired) electrons. The molecule has 0 spiro atoms. The van der Waals surface area contributed by atoms with Crippen molar-refractivity contribution < 1.29 is 23.9 Å². The van der Waals surface area contributed by atoms with E-state index in [2.05, 4.69) is 16.2 Å². The molecule has 0 aromatic heterocycles. The lowest BCUT2D eigenvalue weighted by Crippen LogP contribution is -2.43. The van der Waals surface area contributed by atoms with Crippen LogP contribution in [-0.4, -0.2) is 30.1 Å². The molecular formula is C21H22N4O5. The summed E-state index contributed by atoms with van der Waals surface area (Å²) in [5.41, 5.74) is 4.69. The van der Waals surface area contributed by atoms with Crippen LogP contribution in [0.3, 0.4) is 0 Å². The molecule has 3 N–H and O–H groups in total. The minimum Gasteiger partial charge on any atom is -0.482 e. The highest BCUT2D eigenvalue weighted by molar-refractivity contribution is 5.97. The topological polar surface area (TPSA) is 130 Å². The largest absolute Gasteiger partial charge is 0.482 e. The number of benzene rings is 2. The van der Waals surface area contributed by atoms with E-state index >= 15 is 0 Å². The van der Waals surface area contributed by atoms with Crippen molar-refractivity contribution in [2.75, 3.05) is 11.9 Å². The number of carbonyl (C=O) groups is 3. The molecule has 0 fully saturated rings. The monoisotopic (exact) mass is 410 g/mol. The third-order valence-electron chi connectivity index (χ3n) is 3.45. The molecule has 30 heavy (non-hydrogen) atoms. The summed E-state index contributed by atoms with van der Waals surface area (Å²) in [4.78, 5) is 36.0. The maximum absolute atomic E-state index is 12.2. The molecule has 2 aromatic carbocycles. The summed E-state index contributed by atoms with van der Waals surface area (Å²) < 4.78 is 10.4. The number of nitrogens with zero attached hydrogens (tertiary/aromatic N) is 1. The van der Waals surface area contributed by atoms with Crippen molar-refractivity contribution in [2.45, 2.75) is 26.4 Å². The molecule has 0 saturated carbocycles. The van der Waals surface area contributed by atoms with Gasteiger partial charge in [0.1, 0.15) is 17.4 Å². The third kappa shape index (κ3) is 7.16. The van der Waals surface area contributed by atoms with E-state index in [1.165, 1.54) is 12.1 Å². The van der Waals surface area contributed by atoms with E-state index in [-0.39, 0.29) is 17.9 Å². The summed E-state index contributed by atoms with van der Waals surface area (Å²) in [5.74, 6) is -0.935. The second-order valence-electron chi connectivity index (χ2n) is 7.11. The van der Waals surface area contributed by atoms with Gasteiger partial charge < -0.3 is 9.47 Å². The van der Waals surface area contributed by atoms with Crippen LogP contribution in [0.1, 0.15) is 36.7 Å². The van der Waals surface area contributed by atoms with Crippen LogP contribution in [0.5, 0.6) is 5.75 Å². The average molecular weight is 410 g/mol. The molecule has 0 aliphatic carbocycles. The Labute approximate surface area is 173 Å². The summed E-state index contributed by atoms with van der Waals surface area (Å²) in [6.45, 7) is 4.82. The average Bonchev–Trinajstić information content (AvgIpc) is 2.69. The Morgan fingerprint density at radius 1 is 1.03 bits per heavy atom. The van der Waals surface area contributed by atoms with Crippen LogP contribution in [0.25, 0.3) is 0 Å². The van der Waals surface area contributed by atoms with Gasteiger partial charge in [0.15, 0.2) is 6.61 Å². The van der Waals surface area contributed by atoms with Crippen LogP contribution in [0.15, 0.2) is 48.5 Å². The van der Waals surface area contributed by atoms with Crippen molar-refractivity contribution in [1.82, 2.24) is 10.9 Å². The molecule has 2 aromatic rings. The van der Waals surface area contributed by atoms with Gasteiger partial charge in [-0.25, -0.2) is 4.79 Å². The SMILES string of the molecule is CC(C)(C)OC(=O)Nc1cccc(C(=O)NNC(=O)COc2ccccc2C#N)c1. The Morgan fingerprint density at radius 2 is 1.77 bits per heavy atom. The lowest BCUT2D eigenvalue weighted by Gasteiger charge is -2.19. The van der Waals surface area contributed by atoms with Crippen molar-refractivity contribution >= 4 is 23.6 Å². The standard InChI is InChI=1S/C21H22N4O5/c1-21(2,3)30-20(28)23-16-9-6-8-14(11-16)19(27)25-24-18(26)13-29-17-10-5-4-7-15(17)12-22/h4-11H,13H2,1-3H3,(H,23,28)(H,24,26)(H,25,27).